The number of rotatable bonds is 4. The highest BCUT2D eigenvalue weighted by molar-refractivity contribution is 7.98. The fourth-order valence-corrected chi connectivity index (χ4v) is 2.87. The van der Waals surface area contributed by atoms with E-state index in [0.717, 1.165) is 10.6 Å². The Balaban J connectivity index is 1.72. The van der Waals surface area contributed by atoms with Gasteiger partial charge in [0.15, 0.2) is 0 Å². The largest absolute Gasteiger partial charge is 0.410 e. The Kier molecular flexibility index (Phi) is 3.75. The van der Waals surface area contributed by atoms with Gasteiger partial charge in [-0.1, -0.05) is 34.4 Å². The molecule has 0 aliphatic heterocycles. The van der Waals surface area contributed by atoms with E-state index in [4.69, 9.17) is 4.42 Å². The van der Waals surface area contributed by atoms with E-state index < -0.39 is 0 Å². The normalized spacial score (nSPS) is 10.9. The van der Waals surface area contributed by atoms with Crippen LogP contribution in [-0.2, 0) is 5.75 Å². The molecule has 2 heterocycles. The van der Waals surface area contributed by atoms with E-state index in [9.17, 15) is 4.39 Å². The maximum Gasteiger partial charge on any atom is 0.277 e. The minimum Gasteiger partial charge on any atom is -0.410 e. The lowest BCUT2D eigenvalue weighted by molar-refractivity contribution is 0.466. The molecule has 0 atom stereocenters. The molecule has 0 fully saturated rings. The maximum atomic E-state index is 13.5. The molecule has 3 rings (SSSR count). The Labute approximate surface area is 122 Å². The van der Waals surface area contributed by atoms with Gasteiger partial charge in [0.05, 0.1) is 5.69 Å². The number of benzene rings is 1. The fourth-order valence-electron chi connectivity index (χ4n) is 1.54. The van der Waals surface area contributed by atoms with Gasteiger partial charge in [-0.15, -0.1) is 15.3 Å². The second-order valence-electron chi connectivity index (χ2n) is 3.94. The Morgan fingerprint density at radius 3 is 2.85 bits per heavy atom. The summed E-state index contributed by atoms with van der Waals surface area (Å²) in [4.78, 5) is 0.759. The quantitative estimate of drug-likeness (QED) is 0.689. The van der Waals surface area contributed by atoms with Gasteiger partial charge in [-0.2, -0.15) is 0 Å². The monoisotopic (exact) mass is 308 g/mol. The van der Waals surface area contributed by atoms with Crippen LogP contribution in [-0.4, -0.2) is 19.8 Å². The van der Waals surface area contributed by atoms with Gasteiger partial charge in [-0.3, -0.25) is 0 Å². The summed E-state index contributed by atoms with van der Waals surface area (Å²) < 4.78 is 22.8. The molecule has 20 heavy (non-hydrogen) atoms. The number of nitrogens with zero attached hydrogens (tertiary/aromatic N) is 4. The van der Waals surface area contributed by atoms with Crippen LogP contribution in [0, 0.1) is 12.7 Å². The second kappa shape index (κ2) is 5.68. The van der Waals surface area contributed by atoms with Crippen LogP contribution in [0.25, 0.3) is 10.8 Å². The van der Waals surface area contributed by atoms with Crippen LogP contribution in [0.15, 0.2) is 33.9 Å². The first kappa shape index (κ1) is 13.2. The lowest BCUT2D eigenvalue weighted by atomic mass is 10.2. The molecule has 0 amide bonds. The van der Waals surface area contributed by atoms with Crippen LogP contribution >= 0.6 is 23.3 Å². The lowest BCUT2D eigenvalue weighted by Gasteiger charge is -1.99. The third-order valence-electron chi connectivity index (χ3n) is 2.56. The molecule has 0 bridgehead atoms. The molecule has 3 aromatic rings. The molecule has 1 aromatic carbocycles. The topological polar surface area (TPSA) is 64.7 Å². The lowest BCUT2D eigenvalue weighted by Crippen LogP contribution is -1.86. The minimum atomic E-state index is -0.234. The molecule has 0 aliphatic carbocycles. The van der Waals surface area contributed by atoms with Crippen LogP contribution in [0.4, 0.5) is 4.39 Å². The summed E-state index contributed by atoms with van der Waals surface area (Å²) in [7, 11) is 0. The molecule has 0 saturated heterocycles. The highest BCUT2D eigenvalue weighted by atomic mass is 32.2. The summed E-state index contributed by atoms with van der Waals surface area (Å²) in [6.07, 6.45) is 0. The first-order valence-corrected chi connectivity index (χ1v) is 7.49. The fraction of sp³-hybridized carbons (Fsp3) is 0.167. The standard InChI is InChI=1S/C12H9FN4OS2/c1-7-10(20-17-14-7)11-15-16-12(18-11)19-6-8-4-2-3-5-9(8)13/h2-5H,6H2,1H3. The second-order valence-corrected chi connectivity index (χ2v) is 5.62. The predicted molar refractivity (Wildman–Crippen MR) is 73.9 cm³/mol. The van der Waals surface area contributed by atoms with Gasteiger partial charge in [-0.05, 0) is 30.1 Å². The highest BCUT2D eigenvalue weighted by Gasteiger charge is 2.15. The molecule has 0 N–H and O–H groups in total. The van der Waals surface area contributed by atoms with Gasteiger partial charge >= 0.3 is 0 Å². The smallest absolute Gasteiger partial charge is 0.277 e. The highest BCUT2D eigenvalue weighted by Crippen LogP contribution is 2.28. The summed E-state index contributed by atoms with van der Waals surface area (Å²) in [5, 5.41) is 12.2. The predicted octanol–water partition coefficient (Wildman–Crippen LogP) is 3.33. The zero-order valence-corrected chi connectivity index (χ0v) is 12.0. The molecular weight excluding hydrogens is 299 g/mol. The van der Waals surface area contributed by atoms with Crippen LogP contribution in [0.2, 0.25) is 0 Å². The molecule has 5 nitrogen and oxygen atoms in total. The van der Waals surface area contributed by atoms with E-state index in [-0.39, 0.29) is 5.82 Å². The number of thioether (sulfide) groups is 1. The Bertz CT molecular complexity index is 728. The van der Waals surface area contributed by atoms with E-state index in [2.05, 4.69) is 19.8 Å². The SMILES string of the molecule is Cc1nnsc1-c1nnc(SCc2ccccc2F)o1. The van der Waals surface area contributed by atoms with Crippen LogP contribution < -0.4 is 0 Å². The summed E-state index contributed by atoms with van der Waals surface area (Å²) in [6.45, 7) is 1.83. The molecule has 102 valence electrons. The Hall–Kier alpha value is -1.80. The summed E-state index contributed by atoms with van der Waals surface area (Å²) in [6, 6.07) is 6.62. The van der Waals surface area contributed by atoms with Gasteiger partial charge in [0, 0.05) is 5.75 Å². The Morgan fingerprint density at radius 1 is 1.25 bits per heavy atom. The van der Waals surface area contributed by atoms with Crippen molar-refractivity contribution in [3.8, 4) is 10.8 Å². The van der Waals surface area contributed by atoms with Crippen molar-refractivity contribution < 1.29 is 8.81 Å². The van der Waals surface area contributed by atoms with Crippen molar-refractivity contribution in [3.63, 3.8) is 0 Å². The van der Waals surface area contributed by atoms with Crippen molar-refractivity contribution in [2.75, 3.05) is 0 Å². The van der Waals surface area contributed by atoms with Gasteiger partial charge in [0.2, 0.25) is 0 Å². The number of aromatic nitrogens is 4. The summed E-state index contributed by atoms with van der Waals surface area (Å²) in [5.74, 6) is 0.601. The molecular formula is C12H9FN4OS2. The van der Waals surface area contributed by atoms with Gasteiger partial charge in [0.1, 0.15) is 10.7 Å². The van der Waals surface area contributed by atoms with Gasteiger partial charge < -0.3 is 4.42 Å². The Morgan fingerprint density at radius 2 is 2.10 bits per heavy atom. The van der Waals surface area contributed by atoms with Crippen molar-refractivity contribution in [2.45, 2.75) is 17.9 Å². The average molecular weight is 308 g/mol. The van der Waals surface area contributed by atoms with Crippen molar-refractivity contribution in [1.82, 2.24) is 19.8 Å². The van der Waals surface area contributed by atoms with E-state index >= 15 is 0 Å². The molecule has 0 radical (unpaired) electrons. The third kappa shape index (κ3) is 2.70. The molecule has 0 saturated carbocycles. The zero-order valence-electron chi connectivity index (χ0n) is 10.4. The van der Waals surface area contributed by atoms with Crippen molar-refractivity contribution >= 4 is 23.3 Å². The van der Waals surface area contributed by atoms with Crippen LogP contribution in [0.1, 0.15) is 11.3 Å². The van der Waals surface area contributed by atoms with Gasteiger partial charge in [0.25, 0.3) is 11.1 Å². The molecule has 0 spiro atoms. The number of aryl methyl sites for hydroxylation is 1. The third-order valence-corrected chi connectivity index (χ3v) is 4.24. The maximum absolute atomic E-state index is 13.5. The van der Waals surface area contributed by atoms with Gasteiger partial charge in [-0.25, -0.2) is 4.39 Å². The number of hydrogen-bond donors (Lipinski definition) is 0. The first-order valence-electron chi connectivity index (χ1n) is 5.73. The number of halogens is 1. The molecule has 2 aromatic heterocycles. The minimum absolute atomic E-state index is 0.234. The van der Waals surface area contributed by atoms with E-state index in [1.54, 1.807) is 18.2 Å². The first-order chi connectivity index (χ1) is 9.74. The number of hydrogen-bond acceptors (Lipinski definition) is 7. The molecule has 0 unspecified atom stereocenters. The summed E-state index contributed by atoms with van der Waals surface area (Å²) in [5.41, 5.74) is 1.36. The molecule has 0 aliphatic rings. The van der Waals surface area contributed by atoms with Crippen molar-refractivity contribution in [2.24, 2.45) is 0 Å². The van der Waals surface area contributed by atoms with Crippen molar-refractivity contribution in [1.29, 1.82) is 0 Å². The van der Waals surface area contributed by atoms with E-state index in [1.165, 1.54) is 29.4 Å². The molecule has 8 heteroatoms. The van der Waals surface area contributed by atoms with E-state index in [0.29, 0.717) is 22.4 Å². The van der Waals surface area contributed by atoms with Crippen molar-refractivity contribution in [3.05, 3.63) is 41.3 Å². The van der Waals surface area contributed by atoms with Crippen LogP contribution in [0.5, 0.6) is 0 Å². The van der Waals surface area contributed by atoms with Crippen LogP contribution in [0.3, 0.4) is 0 Å². The average Bonchev–Trinajstić information content (AvgIpc) is 3.06. The zero-order chi connectivity index (χ0) is 13.9. The van der Waals surface area contributed by atoms with E-state index in [1.807, 2.05) is 6.92 Å². The summed E-state index contributed by atoms with van der Waals surface area (Å²) >= 11 is 2.50.